The minimum Gasteiger partial charge on any atom is -0.332 e. The van der Waals surface area contributed by atoms with Crippen LogP contribution in [0.15, 0.2) is 24.3 Å². The molecule has 1 fully saturated rings. The van der Waals surface area contributed by atoms with E-state index in [0.717, 1.165) is 37.2 Å². The van der Waals surface area contributed by atoms with Crippen LogP contribution in [0.2, 0.25) is 5.02 Å². The van der Waals surface area contributed by atoms with Crippen molar-refractivity contribution in [3.63, 3.8) is 0 Å². The molecule has 0 spiro atoms. The molecule has 3 rings (SSSR count). The lowest BCUT2D eigenvalue weighted by atomic mass is 10.00. The fraction of sp³-hybridized carbons (Fsp3) is 0.438. The Labute approximate surface area is 134 Å². The highest BCUT2D eigenvalue weighted by Crippen LogP contribution is 2.29. The van der Waals surface area contributed by atoms with Crippen LogP contribution < -0.4 is 0 Å². The third kappa shape index (κ3) is 3.14. The molecule has 116 valence electrons. The van der Waals surface area contributed by atoms with E-state index >= 15 is 0 Å². The summed E-state index contributed by atoms with van der Waals surface area (Å²) in [6.07, 6.45) is 3.34. The molecule has 0 radical (unpaired) electrons. The van der Waals surface area contributed by atoms with Gasteiger partial charge in [-0.3, -0.25) is 9.89 Å². The van der Waals surface area contributed by atoms with Crippen molar-refractivity contribution in [1.29, 1.82) is 0 Å². The first-order valence-electron chi connectivity index (χ1n) is 7.57. The third-order valence-electron chi connectivity index (χ3n) is 4.04. The molecule has 0 saturated carbocycles. The van der Waals surface area contributed by atoms with Crippen LogP contribution in [0.3, 0.4) is 0 Å². The van der Waals surface area contributed by atoms with Gasteiger partial charge in [0.15, 0.2) is 5.82 Å². The normalized spacial score (nSPS) is 18.5. The molecule has 2 heterocycles. The van der Waals surface area contributed by atoms with E-state index in [1.165, 1.54) is 0 Å². The molecule has 1 aromatic carbocycles. The number of hydrogen-bond donors (Lipinski definition) is 1. The molecule has 1 amide bonds. The third-order valence-corrected chi connectivity index (χ3v) is 4.40. The van der Waals surface area contributed by atoms with Crippen molar-refractivity contribution in [2.24, 2.45) is 0 Å². The lowest BCUT2D eigenvalue weighted by molar-refractivity contribution is -0.134. The van der Waals surface area contributed by atoms with Gasteiger partial charge in [0.05, 0.1) is 12.5 Å². The van der Waals surface area contributed by atoms with Crippen molar-refractivity contribution in [2.75, 3.05) is 6.54 Å². The average molecular weight is 319 g/mol. The smallest absolute Gasteiger partial charge is 0.227 e. The lowest BCUT2D eigenvalue weighted by Gasteiger charge is -2.34. The molecule has 1 N–H and O–H groups in total. The quantitative estimate of drug-likeness (QED) is 0.946. The van der Waals surface area contributed by atoms with E-state index in [0.29, 0.717) is 17.3 Å². The van der Waals surface area contributed by atoms with Crippen molar-refractivity contribution < 1.29 is 4.79 Å². The van der Waals surface area contributed by atoms with Crippen LogP contribution in [-0.4, -0.2) is 32.5 Å². The highest BCUT2D eigenvalue weighted by atomic mass is 35.5. The number of H-pyrrole nitrogens is 1. The van der Waals surface area contributed by atoms with Crippen molar-refractivity contribution >= 4 is 17.5 Å². The summed E-state index contributed by atoms with van der Waals surface area (Å²) in [4.78, 5) is 19.0. The number of carbonyl (C=O) groups is 1. The number of nitrogens with one attached hydrogen (secondary N) is 1. The summed E-state index contributed by atoms with van der Waals surface area (Å²) in [6, 6.07) is 7.46. The minimum absolute atomic E-state index is 0.0336. The molecule has 1 aliphatic heterocycles. The molecular weight excluding hydrogens is 300 g/mol. The molecule has 1 aliphatic rings. The first kappa shape index (κ1) is 15.0. The number of halogens is 1. The van der Waals surface area contributed by atoms with Gasteiger partial charge in [-0.15, -0.1) is 0 Å². The topological polar surface area (TPSA) is 61.9 Å². The maximum absolute atomic E-state index is 12.7. The number of likely N-dealkylation sites (tertiary alicyclic amines) is 1. The number of rotatable bonds is 3. The zero-order valence-corrected chi connectivity index (χ0v) is 13.3. The minimum atomic E-state index is -0.0336. The molecular formula is C16H19ClN4O. The summed E-state index contributed by atoms with van der Waals surface area (Å²) in [5.41, 5.74) is 0.865. The Morgan fingerprint density at radius 2 is 2.23 bits per heavy atom. The van der Waals surface area contributed by atoms with Crippen LogP contribution in [-0.2, 0) is 11.2 Å². The van der Waals surface area contributed by atoms with Gasteiger partial charge in [-0.1, -0.05) is 29.8 Å². The van der Waals surface area contributed by atoms with Crippen LogP contribution >= 0.6 is 11.6 Å². The number of nitrogens with zero attached hydrogens (tertiary/aromatic N) is 3. The Morgan fingerprint density at radius 1 is 1.41 bits per heavy atom. The summed E-state index contributed by atoms with van der Waals surface area (Å²) >= 11 is 6.16. The van der Waals surface area contributed by atoms with E-state index in [-0.39, 0.29) is 11.9 Å². The van der Waals surface area contributed by atoms with Crippen LogP contribution in [0.5, 0.6) is 0 Å². The number of carbonyl (C=O) groups excluding carboxylic acids is 1. The second kappa shape index (κ2) is 6.48. The number of amides is 1. The van der Waals surface area contributed by atoms with Crippen molar-refractivity contribution in [3.05, 3.63) is 46.5 Å². The number of benzene rings is 1. The predicted molar refractivity (Wildman–Crippen MR) is 84.6 cm³/mol. The van der Waals surface area contributed by atoms with Crippen LogP contribution in [0.25, 0.3) is 0 Å². The predicted octanol–water partition coefficient (Wildman–Crippen LogP) is 3.06. The van der Waals surface area contributed by atoms with Gasteiger partial charge < -0.3 is 4.90 Å². The number of piperidine rings is 1. The summed E-state index contributed by atoms with van der Waals surface area (Å²) in [7, 11) is 0. The molecule has 0 unspecified atom stereocenters. The first-order chi connectivity index (χ1) is 10.6. The molecule has 22 heavy (non-hydrogen) atoms. The van der Waals surface area contributed by atoms with Gasteiger partial charge in [0.1, 0.15) is 5.82 Å². The van der Waals surface area contributed by atoms with Crippen LogP contribution in [0.1, 0.15) is 42.5 Å². The van der Waals surface area contributed by atoms with Gasteiger partial charge in [0.25, 0.3) is 0 Å². The van der Waals surface area contributed by atoms with Crippen LogP contribution in [0.4, 0.5) is 0 Å². The number of aryl methyl sites for hydroxylation is 1. The Morgan fingerprint density at radius 3 is 2.95 bits per heavy atom. The van der Waals surface area contributed by atoms with Gasteiger partial charge in [-0.05, 0) is 37.8 Å². The average Bonchev–Trinajstić information content (AvgIpc) is 2.96. The summed E-state index contributed by atoms with van der Waals surface area (Å²) in [5.74, 6) is 1.57. The number of hydrogen-bond acceptors (Lipinski definition) is 3. The molecule has 1 saturated heterocycles. The van der Waals surface area contributed by atoms with Gasteiger partial charge in [-0.2, -0.15) is 5.10 Å². The van der Waals surface area contributed by atoms with Gasteiger partial charge in [0, 0.05) is 11.6 Å². The van der Waals surface area contributed by atoms with Crippen molar-refractivity contribution in [2.45, 2.75) is 38.6 Å². The zero-order chi connectivity index (χ0) is 15.5. The fourth-order valence-corrected chi connectivity index (χ4v) is 3.12. The second-order valence-electron chi connectivity index (χ2n) is 5.65. The Kier molecular flexibility index (Phi) is 4.43. The highest BCUT2D eigenvalue weighted by molar-refractivity contribution is 6.31. The lowest BCUT2D eigenvalue weighted by Crippen LogP contribution is -2.39. The largest absolute Gasteiger partial charge is 0.332 e. The monoisotopic (exact) mass is 318 g/mol. The van der Waals surface area contributed by atoms with Crippen LogP contribution in [0, 0.1) is 6.92 Å². The van der Waals surface area contributed by atoms with Crippen molar-refractivity contribution in [3.8, 4) is 0 Å². The van der Waals surface area contributed by atoms with E-state index in [1.54, 1.807) is 0 Å². The summed E-state index contributed by atoms with van der Waals surface area (Å²) < 4.78 is 0. The SMILES string of the molecule is Cc1nc([C@@H]2CCCCN2C(=O)Cc2ccccc2Cl)n[nH]1. The molecule has 0 aliphatic carbocycles. The highest BCUT2D eigenvalue weighted by Gasteiger charge is 2.30. The second-order valence-corrected chi connectivity index (χ2v) is 6.05. The Hall–Kier alpha value is -1.88. The Bertz CT molecular complexity index is 670. The van der Waals surface area contributed by atoms with E-state index in [1.807, 2.05) is 36.1 Å². The fourth-order valence-electron chi connectivity index (χ4n) is 2.91. The van der Waals surface area contributed by atoms with E-state index in [2.05, 4.69) is 15.2 Å². The zero-order valence-electron chi connectivity index (χ0n) is 12.6. The summed E-state index contributed by atoms with van der Waals surface area (Å²) in [6.45, 7) is 2.62. The molecule has 5 nitrogen and oxygen atoms in total. The van der Waals surface area contributed by atoms with Gasteiger partial charge in [0.2, 0.25) is 5.91 Å². The molecule has 0 bridgehead atoms. The molecule has 6 heteroatoms. The molecule has 1 aromatic heterocycles. The van der Waals surface area contributed by atoms with Crippen molar-refractivity contribution in [1.82, 2.24) is 20.1 Å². The maximum atomic E-state index is 12.7. The van der Waals surface area contributed by atoms with E-state index < -0.39 is 0 Å². The molecule has 1 atom stereocenters. The summed E-state index contributed by atoms with van der Waals surface area (Å²) in [5, 5.41) is 7.74. The molecule has 2 aromatic rings. The first-order valence-corrected chi connectivity index (χ1v) is 7.94. The number of aromatic amines is 1. The maximum Gasteiger partial charge on any atom is 0.227 e. The standard InChI is InChI=1S/C16H19ClN4O/c1-11-18-16(20-19-11)14-8-4-5-9-21(14)15(22)10-12-6-2-3-7-13(12)17/h2-3,6-7,14H,4-5,8-10H2,1H3,(H,18,19,20)/t14-/m0/s1. The number of aromatic nitrogens is 3. The van der Waals surface area contributed by atoms with E-state index in [4.69, 9.17) is 11.6 Å². The Balaban J connectivity index is 1.78. The van der Waals surface area contributed by atoms with Gasteiger partial charge >= 0.3 is 0 Å². The van der Waals surface area contributed by atoms with Gasteiger partial charge in [-0.25, -0.2) is 4.98 Å². The van der Waals surface area contributed by atoms with E-state index in [9.17, 15) is 4.79 Å².